The number of methoxy groups -OCH3 is 1. The summed E-state index contributed by atoms with van der Waals surface area (Å²) >= 11 is 5.49. The largest absolute Gasteiger partial charge is 0.497 e. The lowest BCUT2D eigenvalue weighted by Crippen LogP contribution is -1.86. The Kier molecular flexibility index (Phi) is 4.47. The Balaban J connectivity index is 2.78. The fraction of sp³-hybridized carbons (Fsp3) is 0.273. The molecule has 0 atom stereocenters. The standard InChI is InChI=1S/C11H12ClFO/c1-14-10-6-5-9(11(13)8-10)4-2-3-7-12/h2,4-6,8H,3,7H2,1H3. The maximum atomic E-state index is 13.3. The molecular weight excluding hydrogens is 203 g/mol. The Hall–Kier alpha value is -1.02. The van der Waals surface area contributed by atoms with Gasteiger partial charge >= 0.3 is 0 Å². The molecule has 0 saturated carbocycles. The van der Waals surface area contributed by atoms with Crippen molar-refractivity contribution >= 4 is 17.7 Å². The molecule has 1 aromatic carbocycles. The molecule has 1 aromatic rings. The fourth-order valence-corrected chi connectivity index (χ4v) is 1.17. The van der Waals surface area contributed by atoms with Gasteiger partial charge in [-0.25, -0.2) is 4.39 Å². The van der Waals surface area contributed by atoms with Crippen LogP contribution >= 0.6 is 11.6 Å². The second-order valence-electron chi connectivity index (χ2n) is 2.77. The summed E-state index contributed by atoms with van der Waals surface area (Å²) in [5.74, 6) is 0.793. The van der Waals surface area contributed by atoms with Crippen molar-refractivity contribution in [3.05, 3.63) is 35.7 Å². The minimum atomic E-state index is -0.282. The highest BCUT2D eigenvalue weighted by Crippen LogP contribution is 2.17. The number of allylic oxidation sites excluding steroid dienone is 1. The first-order valence-corrected chi connectivity index (χ1v) is 4.87. The number of hydrogen-bond acceptors (Lipinski definition) is 1. The van der Waals surface area contributed by atoms with Crippen LogP contribution in [0.5, 0.6) is 5.75 Å². The van der Waals surface area contributed by atoms with Gasteiger partial charge in [-0.15, -0.1) is 11.6 Å². The molecule has 1 nitrogen and oxygen atoms in total. The normalized spacial score (nSPS) is 10.8. The topological polar surface area (TPSA) is 9.23 Å². The van der Waals surface area contributed by atoms with Gasteiger partial charge in [0.25, 0.3) is 0 Å². The van der Waals surface area contributed by atoms with Crippen LogP contribution in [0.3, 0.4) is 0 Å². The number of alkyl halides is 1. The van der Waals surface area contributed by atoms with Crippen LogP contribution in [0, 0.1) is 5.82 Å². The number of benzene rings is 1. The van der Waals surface area contributed by atoms with Gasteiger partial charge < -0.3 is 4.74 Å². The lowest BCUT2D eigenvalue weighted by molar-refractivity contribution is 0.411. The summed E-state index contributed by atoms with van der Waals surface area (Å²) in [7, 11) is 1.51. The third-order valence-electron chi connectivity index (χ3n) is 1.78. The quantitative estimate of drug-likeness (QED) is 0.698. The molecule has 76 valence electrons. The molecule has 14 heavy (non-hydrogen) atoms. The van der Waals surface area contributed by atoms with E-state index in [4.69, 9.17) is 16.3 Å². The molecule has 0 unspecified atom stereocenters. The van der Waals surface area contributed by atoms with Crippen molar-refractivity contribution in [2.45, 2.75) is 6.42 Å². The van der Waals surface area contributed by atoms with E-state index in [1.165, 1.54) is 13.2 Å². The number of hydrogen-bond donors (Lipinski definition) is 0. The van der Waals surface area contributed by atoms with Gasteiger partial charge in [-0.1, -0.05) is 12.2 Å². The van der Waals surface area contributed by atoms with Gasteiger partial charge in [-0.3, -0.25) is 0 Å². The zero-order valence-electron chi connectivity index (χ0n) is 7.97. The van der Waals surface area contributed by atoms with Gasteiger partial charge in [-0.2, -0.15) is 0 Å². The molecule has 0 aliphatic rings. The van der Waals surface area contributed by atoms with E-state index in [-0.39, 0.29) is 5.82 Å². The number of rotatable bonds is 4. The SMILES string of the molecule is COc1ccc(C=CCCCl)c(F)c1. The number of halogens is 2. The van der Waals surface area contributed by atoms with Crippen molar-refractivity contribution in [3.63, 3.8) is 0 Å². The molecule has 3 heteroatoms. The third-order valence-corrected chi connectivity index (χ3v) is 2.00. The Morgan fingerprint density at radius 3 is 2.86 bits per heavy atom. The van der Waals surface area contributed by atoms with E-state index >= 15 is 0 Å². The minimum Gasteiger partial charge on any atom is -0.497 e. The maximum Gasteiger partial charge on any atom is 0.134 e. The Morgan fingerprint density at radius 1 is 1.50 bits per heavy atom. The second kappa shape index (κ2) is 5.66. The molecule has 0 saturated heterocycles. The van der Waals surface area contributed by atoms with Crippen molar-refractivity contribution < 1.29 is 9.13 Å². The van der Waals surface area contributed by atoms with Crippen molar-refractivity contribution in [1.82, 2.24) is 0 Å². The molecule has 0 amide bonds. The highest BCUT2D eigenvalue weighted by Gasteiger charge is 1.99. The molecule has 0 aromatic heterocycles. The molecule has 0 spiro atoms. The van der Waals surface area contributed by atoms with Crippen molar-refractivity contribution in [2.24, 2.45) is 0 Å². The minimum absolute atomic E-state index is 0.282. The summed E-state index contributed by atoms with van der Waals surface area (Å²) in [5, 5.41) is 0. The van der Waals surface area contributed by atoms with Crippen LogP contribution < -0.4 is 4.74 Å². The van der Waals surface area contributed by atoms with E-state index in [0.717, 1.165) is 6.42 Å². The van der Waals surface area contributed by atoms with Gasteiger partial charge in [-0.05, 0) is 18.6 Å². The van der Waals surface area contributed by atoms with Crippen LogP contribution in [0.2, 0.25) is 0 Å². The van der Waals surface area contributed by atoms with Crippen LogP contribution in [-0.2, 0) is 0 Å². The highest BCUT2D eigenvalue weighted by molar-refractivity contribution is 6.17. The summed E-state index contributed by atoms with van der Waals surface area (Å²) in [6.07, 6.45) is 4.31. The first kappa shape index (κ1) is 11.1. The molecule has 0 bridgehead atoms. The van der Waals surface area contributed by atoms with Crippen LogP contribution in [0.4, 0.5) is 4.39 Å². The first-order valence-electron chi connectivity index (χ1n) is 4.34. The van der Waals surface area contributed by atoms with Gasteiger partial charge in [0.1, 0.15) is 11.6 Å². The average Bonchev–Trinajstić information content (AvgIpc) is 2.20. The first-order chi connectivity index (χ1) is 6.77. The highest BCUT2D eigenvalue weighted by atomic mass is 35.5. The average molecular weight is 215 g/mol. The predicted molar refractivity (Wildman–Crippen MR) is 57.3 cm³/mol. The van der Waals surface area contributed by atoms with Crippen molar-refractivity contribution in [1.29, 1.82) is 0 Å². The zero-order valence-corrected chi connectivity index (χ0v) is 8.72. The molecule has 0 aliphatic heterocycles. The van der Waals surface area contributed by atoms with Crippen molar-refractivity contribution in [3.8, 4) is 5.75 Å². The van der Waals surface area contributed by atoms with E-state index in [1.807, 2.05) is 6.08 Å². The second-order valence-corrected chi connectivity index (χ2v) is 3.15. The van der Waals surface area contributed by atoms with Crippen LogP contribution in [0.1, 0.15) is 12.0 Å². The number of ether oxygens (including phenoxy) is 1. The maximum absolute atomic E-state index is 13.3. The van der Waals surface area contributed by atoms with Gasteiger partial charge in [0.15, 0.2) is 0 Å². The van der Waals surface area contributed by atoms with Gasteiger partial charge in [0.2, 0.25) is 0 Å². The molecule has 1 rings (SSSR count). The van der Waals surface area contributed by atoms with E-state index in [1.54, 1.807) is 18.2 Å². The molecular formula is C11H12ClFO. The predicted octanol–water partition coefficient (Wildman–Crippen LogP) is 3.48. The lowest BCUT2D eigenvalue weighted by Gasteiger charge is -2.01. The van der Waals surface area contributed by atoms with E-state index in [0.29, 0.717) is 17.2 Å². The van der Waals surface area contributed by atoms with Gasteiger partial charge in [0.05, 0.1) is 7.11 Å². The summed E-state index contributed by atoms with van der Waals surface area (Å²) in [6.45, 7) is 0. The van der Waals surface area contributed by atoms with E-state index in [2.05, 4.69) is 0 Å². The Bertz CT molecular complexity index is 323. The van der Waals surface area contributed by atoms with Gasteiger partial charge in [0, 0.05) is 17.5 Å². The summed E-state index contributed by atoms with van der Waals surface area (Å²) in [5.41, 5.74) is 0.552. The van der Waals surface area contributed by atoms with E-state index < -0.39 is 0 Å². The fourth-order valence-electron chi connectivity index (χ4n) is 1.04. The molecule has 0 radical (unpaired) electrons. The van der Waals surface area contributed by atoms with E-state index in [9.17, 15) is 4.39 Å². The van der Waals surface area contributed by atoms with Crippen LogP contribution in [0.25, 0.3) is 6.08 Å². The third kappa shape index (κ3) is 3.04. The summed E-state index contributed by atoms with van der Waals surface area (Å²) in [6, 6.07) is 4.77. The summed E-state index contributed by atoms with van der Waals surface area (Å²) in [4.78, 5) is 0. The Labute approximate surface area is 88.1 Å². The monoisotopic (exact) mass is 214 g/mol. The zero-order chi connectivity index (χ0) is 10.4. The molecule has 0 fully saturated rings. The molecule has 0 N–H and O–H groups in total. The molecule has 0 heterocycles. The lowest BCUT2D eigenvalue weighted by atomic mass is 10.2. The molecule has 0 aliphatic carbocycles. The van der Waals surface area contributed by atoms with Crippen LogP contribution in [-0.4, -0.2) is 13.0 Å². The van der Waals surface area contributed by atoms with Crippen LogP contribution in [0.15, 0.2) is 24.3 Å². The smallest absolute Gasteiger partial charge is 0.134 e. The summed E-state index contributed by atoms with van der Waals surface area (Å²) < 4.78 is 18.2. The Morgan fingerprint density at radius 2 is 2.29 bits per heavy atom. The van der Waals surface area contributed by atoms with Crippen molar-refractivity contribution in [2.75, 3.05) is 13.0 Å².